The Bertz CT molecular complexity index is 712. The van der Waals surface area contributed by atoms with Crippen molar-refractivity contribution in [3.63, 3.8) is 0 Å². The maximum atomic E-state index is 12.9. The van der Waals surface area contributed by atoms with Gasteiger partial charge in [0.25, 0.3) is 0 Å². The Labute approximate surface area is 145 Å². The van der Waals surface area contributed by atoms with Gasteiger partial charge in [-0.15, -0.1) is 0 Å². The lowest BCUT2D eigenvalue weighted by atomic mass is 10.2. The highest BCUT2D eigenvalue weighted by atomic mass is 32.2. The fourth-order valence-electron chi connectivity index (χ4n) is 2.78. The fraction of sp³-hybridized carbons (Fsp3) is 0.562. The van der Waals surface area contributed by atoms with Crippen molar-refractivity contribution in [2.45, 2.75) is 31.9 Å². The van der Waals surface area contributed by atoms with Crippen molar-refractivity contribution in [3.8, 4) is 0 Å². The smallest absolute Gasteiger partial charge is 0.341 e. The molecular weight excluding hydrogens is 357 g/mol. The second-order valence-electron chi connectivity index (χ2n) is 6.11. The van der Waals surface area contributed by atoms with Crippen LogP contribution in [-0.4, -0.2) is 45.1 Å². The Kier molecular flexibility index (Phi) is 5.97. The minimum absolute atomic E-state index is 0.166. The maximum absolute atomic E-state index is 12.9. The number of hydrogen-bond acceptors (Lipinski definition) is 3. The monoisotopic (exact) mass is 378 g/mol. The van der Waals surface area contributed by atoms with Crippen LogP contribution in [0.3, 0.4) is 0 Å². The van der Waals surface area contributed by atoms with E-state index in [2.05, 4.69) is 0 Å². The van der Waals surface area contributed by atoms with Crippen LogP contribution in [0.25, 0.3) is 0 Å². The number of carbonyl (C=O) groups excluding carboxylic acids is 1. The number of sulfonamides is 1. The van der Waals surface area contributed by atoms with Crippen molar-refractivity contribution in [1.29, 1.82) is 0 Å². The first kappa shape index (κ1) is 19.6. The van der Waals surface area contributed by atoms with Gasteiger partial charge < -0.3 is 4.90 Å². The summed E-state index contributed by atoms with van der Waals surface area (Å²) in [4.78, 5) is 14.0. The van der Waals surface area contributed by atoms with Crippen LogP contribution in [0, 0.1) is 0 Å². The molecule has 0 unspecified atom stereocenters. The third kappa shape index (κ3) is 5.35. The van der Waals surface area contributed by atoms with Crippen LogP contribution in [0.4, 0.5) is 18.9 Å². The zero-order chi connectivity index (χ0) is 18.7. The molecule has 1 saturated heterocycles. The topological polar surface area (TPSA) is 57.7 Å². The predicted molar refractivity (Wildman–Crippen MR) is 88.7 cm³/mol. The Morgan fingerprint density at radius 3 is 2.28 bits per heavy atom. The lowest BCUT2D eigenvalue weighted by Crippen LogP contribution is -2.43. The van der Waals surface area contributed by atoms with Gasteiger partial charge in [0.2, 0.25) is 15.9 Å². The van der Waals surface area contributed by atoms with Crippen LogP contribution in [0.15, 0.2) is 24.3 Å². The molecule has 0 bridgehead atoms. The van der Waals surface area contributed by atoms with Gasteiger partial charge in [-0.3, -0.25) is 9.10 Å². The fourth-order valence-corrected chi connectivity index (χ4v) is 3.62. The minimum Gasteiger partial charge on any atom is -0.341 e. The van der Waals surface area contributed by atoms with E-state index in [0.29, 0.717) is 13.1 Å². The first-order valence-corrected chi connectivity index (χ1v) is 9.86. The SMILES string of the molecule is CS(=O)(=O)N(CC(=O)N1CCCCCC1)c1cccc(C(F)(F)F)c1. The van der Waals surface area contributed by atoms with E-state index in [-0.39, 0.29) is 5.69 Å². The van der Waals surface area contributed by atoms with Crippen molar-refractivity contribution in [3.05, 3.63) is 29.8 Å². The number of amides is 1. The standard InChI is InChI=1S/C16H21F3N2O3S/c1-25(23,24)21(12-15(22)20-9-4-2-3-5-10-20)14-8-6-7-13(11-14)16(17,18)19/h6-8,11H,2-5,9-10,12H2,1H3. The second kappa shape index (κ2) is 7.63. The lowest BCUT2D eigenvalue weighted by molar-refractivity contribution is -0.137. The van der Waals surface area contributed by atoms with Crippen LogP contribution in [0.5, 0.6) is 0 Å². The summed E-state index contributed by atoms with van der Waals surface area (Å²) in [5.41, 5.74) is -1.12. The third-order valence-electron chi connectivity index (χ3n) is 4.10. The first-order valence-electron chi connectivity index (χ1n) is 8.02. The van der Waals surface area contributed by atoms with Gasteiger partial charge in [0, 0.05) is 13.1 Å². The average molecular weight is 378 g/mol. The molecule has 1 aromatic rings. The van der Waals surface area contributed by atoms with Gasteiger partial charge in [-0.05, 0) is 31.0 Å². The molecule has 140 valence electrons. The van der Waals surface area contributed by atoms with E-state index >= 15 is 0 Å². The molecule has 1 heterocycles. The van der Waals surface area contributed by atoms with Crippen LogP contribution >= 0.6 is 0 Å². The second-order valence-corrected chi connectivity index (χ2v) is 8.02. The summed E-state index contributed by atoms with van der Waals surface area (Å²) in [6.07, 6.45) is -0.0142. The minimum atomic E-state index is -4.59. The number of alkyl halides is 3. The van der Waals surface area contributed by atoms with E-state index in [1.54, 1.807) is 4.90 Å². The van der Waals surface area contributed by atoms with Gasteiger partial charge in [-0.1, -0.05) is 18.9 Å². The van der Waals surface area contributed by atoms with Gasteiger partial charge in [-0.2, -0.15) is 13.2 Å². The number of rotatable bonds is 4. The molecule has 1 aliphatic rings. The van der Waals surface area contributed by atoms with Crippen LogP contribution < -0.4 is 4.31 Å². The molecule has 0 radical (unpaired) electrons. The molecule has 0 spiro atoms. The van der Waals surface area contributed by atoms with E-state index in [9.17, 15) is 26.4 Å². The van der Waals surface area contributed by atoms with E-state index in [0.717, 1.165) is 54.4 Å². The van der Waals surface area contributed by atoms with Crippen molar-refractivity contribution < 1.29 is 26.4 Å². The number of hydrogen-bond donors (Lipinski definition) is 0. The Morgan fingerprint density at radius 1 is 1.16 bits per heavy atom. The Balaban J connectivity index is 2.27. The van der Waals surface area contributed by atoms with E-state index < -0.39 is 34.2 Å². The Hall–Kier alpha value is -1.77. The van der Waals surface area contributed by atoms with Gasteiger partial charge in [0.05, 0.1) is 17.5 Å². The number of likely N-dealkylation sites (tertiary alicyclic amines) is 1. The maximum Gasteiger partial charge on any atom is 0.416 e. The van der Waals surface area contributed by atoms with E-state index in [1.165, 1.54) is 6.07 Å². The number of benzene rings is 1. The zero-order valence-electron chi connectivity index (χ0n) is 13.9. The number of carbonyl (C=O) groups is 1. The molecule has 25 heavy (non-hydrogen) atoms. The zero-order valence-corrected chi connectivity index (χ0v) is 14.7. The molecule has 0 aromatic heterocycles. The third-order valence-corrected chi connectivity index (χ3v) is 5.24. The van der Waals surface area contributed by atoms with E-state index in [1.807, 2.05) is 0 Å². The van der Waals surface area contributed by atoms with Crippen molar-refractivity contribution >= 4 is 21.6 Å². The summed E-state index contributed by atoms with van der Waals surface area (Å²) in [5.74, 6) is -0.398. The van der Waals surface area contributed by atoms with Gasteiger partial charge in [-0.25, -0.2) is 8.42 Å². The first-order chi connectivity index (χ1) is 11.6. The molecule has 5 nitrogen and oxygen atoms in total. The molecule has 0 saturated carbocycles. The summed E-state index contributed by atoms with van der Waals surface area (Å²) in [5, 5.41) is 0. The highest BCUT2D eigenvalue weighted by molar-refractivity contribution is 7.92. The normalized spacial score (nSPS) is 16.4. The quantitative estimate of drug-likeness (QED) is 0.810. The molecule has 1 aliphatic heterocycles. The summed E-state index contributed by atoms with van der Waals surface area (Å²) in [6.45, 7) is 0.582. The van der Waals surface area contributed by atoms with Crippen molar-refractivity contribution in [2.24, 2.45) is 0 Å². The number of anilines is 1. The molecule has 0 aliphatic carbocycles. The van der Waals surface area contributed by atoms with Gasteiger partial charge in [0.1, 0.15) is 6.54 Å². The summed E-state index contributed by atoms with van der Waals surface area (Å²) < 4.78 is 63.5. The number of halogens is 3. The van der Waals surface area contributed by atoms with Gasteiger partial charge >= 0.3 is 6.18 Å². The highest BCUT2D eigenvalue weighted by Crippen LogP contribution is 2.32. The van der Waals surface area contributed by atoms with Crippen LogP contribution in [-0.2, 0) is 21.0 Å². The summed E-state index contributed by atoms with van der Waals surface area (Å²) in [6, 6.07) is 4.00. The molecule has 2 rings (SSSR count). The molecule has 9 heteroatoms. The van der Waals surface area contributed by atoms with Crippen LogP contribution in [0.2, 0.25) is 0 Å². The lowest BCUT2D eigenvalue weighted by Gasteiger charge is -2.27. The Morgan fingerprint density at radius 2 is 1.76 bits per heavy atom. The van der Waals surface area contributed by atoms with Gasteiger partial charge in [0.15, 0.2) is 0 Å². The van der Waals surface area contributed by atoms with Crippen molar-refractivity contribution in [1.82, 2.24) is 4.90 Å². The summed E-state index contributed by atoms with van der Waals surface area (Å²) in [7, 11) is -3.90. The summed E-state index contributed by atoms with van der Waals surface area (Å²) >= 11 is 0. The number of nitrogens with zero attached hydrogens (tertiary/aromatic N) is 2. The van der Waals surface area contributed by atoms with Crippen molar-refractivity contribution in [2.75, 3.05) is 30.2 Å². The average Bonchev–Trinajstić information content (AvgIpc) is 2.80. The van der Waals surface area contributed by atoms with Crippen LogP contribution in [0.1, 0.15) is 31.2 Å². The molecule has 1 fully saturated rings. The molecular formula is C16H21F3N2O3S. The molecule has 0 atom stereocenters. The molecule has 1 aromatic carbocycles. The molecule has 1 amide bonds. The molecule has 0 N–H and O–H groups in total. The predicted octanol–water partition coefficient (Wildman–Crippen LogP) is 2.87. The highest BCUT2D eigenvalue weighted by Gasteiger charge is 2.32. The largest absolute Gasteiger partial charge is 0.416 e. The van der Waals surface area contributed by atoms with E-state index in [4.69, 9.17) is 0 Å².